The quantitative estimate of drug-likeness (QED) is 0.497. The van der Waals surface area contributed by atoms with Crippen molar-refractivity contribution >= 4 is 0 Å². The fraction of sp³-hybridized carbons (Fsp3) is 1.00. The van der Waals surface area contributed by atoms with Crippen molar-refractivity contribution in [2.45, 2.75) is 0 Å². The molecule has 0 aliphatic carbocycles. The Morgan fingerprint density at radius 2 is 1.89 bits per heavy atom. The van der Waals surface area contributed by atoms with E-state index in [-0.39, 0.29) is 13.1 Å². The average Bonchev–Trinajstić information content (AvgIpc) is 1.83. The van der Waals surface area contributed by atoms with Crippen LogP contribution in [0.15, 0.2) is 0 Å². The van der Waals surface area contributed by atoms with Crippen molar-refractivity contribution in [1.29, 1.82) is 0 Å². The zero-order chi connectivity index (χ0) is 7.28. The standard InChI is InChI=1S/C4H10N2O3/c1-5(7)3-4-6(8)9-2/h3-4H2,1-2H3/q-2. The predicted octanol–water partition coefficient (Wildman–Crippen LogP) is -0.223. The molecule has 5 heteroatoms. The molecule has 0 heterocycles. The lowest BCUT2D eigenvalue weighted by Gasteiger charge is -2.29. The van der Waals surface area contributed by atoms with Crippen LogP contribution in [0.3, 0.4) is 0 Å². The van der Waals surface area contributed by atoms with E-state index in [0.29, 0.717) is 10.3 Å². The Bertz CT molecular complexity index is 68.8. The molecule has 0 bridgehead atoms. The fourth-order valence-electron chi connectivity index (χ4n) is 0.314. The van der Waals surface area contributed by atoms with Gasteiger partial charge in [-0.25, -0.2) is 0 Å². The Morgan fingerprint density at radius 3 is 2.22 bits per heavy atom. The van der Waals surface area contributed by atoms with Crippen molar-refractivity contribution in [3.63, 3.8) is 0 Å². The van der Waals surface area contributed by atoms with Gasteiger partial charge in [0.1, 0.15) is 0 Å². The minimum absolute atomic E-state index is 0.0799. The molecule has 0 spiro atoms. The number of hydrogen-bond acceptors (Lipinski definition) is 5. The van der Waals surface area contributed by atoms with E-state index in [2.05, 4.69) is 4.84 Å². The summed E-state index contributed by atoms with van der Waals surface area (Å²) in [5.74, 6) is 0. The molecule has 9 heavy (non-hydrogen) atoms. The molecule has 0 aromatic carbocycles. The second-order valence-electron chi connectivity index (χ2n) is 1.59. The molecule has 0 atom stereocenters. The minimum atomic E-state index is 0.0799. The van der Waals surface area contributed by atoms with E-state index in [0.717, 1.165) is 0 Å². The van der Waals surface area contributed by atoms with Gasteiger partial charge in [-0.1, -0.05) is 0 Å². The summed E-state index contributed by atoms with van der Waals surface area (Å²) in [7, 11) is 2.61. The van der Waals surface area contributed by atoms with Crippen molar-refractivity contribution < 1.29 is 4.84 Å². The second kappa shape index (κ2) is 4.66. The molecular formula is C4H10N2O3-2. The smallest absolute Gasteiger partial charge is 0.0563 e. The highest BCUT2D eigenvalue weighted by atomic mass is 16.9. The summed E-state index contributed by atoms with van der Waals surface area (Å²) >= 11 is 0. The van der Waals surface area contributed by atoms with Gasteiger partial charge in [-0.15, -0.1) is 0 Å². The Labute approximate surface area is 53.9 Å². The summed E-state index contributed by atoms with van der Waals surface area (Å²) in [6.07, 6.45) is 0. The van der Waals surface area contributed by atoms with Crippen molar-refractivity contribution in [3.05, 3.63) is 10.4 Å². The monoisotopic (exact) mass is 134 g/mol. The maximum absolute atomic E-state index is 10.2. The van der Waals surface area contributed by atoms with Gasteiger partial charge >= 0.3 is 0 Å². The Kier molecular flexibility index (Phi) is 4.55. The third-order valence-corrected chi connectivity index (χ3v) is 0.801. The molecule has 0 N–H and O–H groups in total. The van der Waals surface area contributed by atoms with Crippen LogP contribution in [0.25, 0.3) is 0 Å². The van der Waals surface area contributed by atoms with Gasteiger partial charge in [-0.2, -0.15) is 0 Å². The highest BCUT2D eigenvalue weighted by Gasteiger charge is 1.85. The van der Waals surface area contributed by atoms with Gasteiger partial charge in [0.15, 0.2) is 0 Å². The molecule has 0 aliphatic rings. The van der Waals surface area contributed by atoms with Gasteiger partial charge in [-0.05, 0) is 13.6 Å². The van der Waals surface area contributed by atoms with E-state index in [9.17, 15) is 10.4 Å². The number of hydrogen-bond donors (Lipinski definition) is 0. The molecular weight excluding hydrogens is 124 g/mol. The van der Waals surface area contributed by atoms with Crippen LogP contribution in [0.5, 0.6) is 0 Å². The third kappa shape index (κ3) is 5.67. The first kappa shape index (κ1) is 8.80. The van der Waals surface area contributed by atoms with Gasteiger partial charge < -0.3 is 20.3 Å². The van der Waals surface area contributed by atoms with E-state index in [1.165, 1.54) is 14.2 Å². The number of likely N-dealkylation sites (N-methyl/N-ethyl adjacent to an activating group) is 1. The summed E-state index contributed by atoms with van der Waals surface area (Å²) in [6.45, 7) is 0.244. The lowest BCUT2D eigenvalue weighted by Crippen LogP contribution is -2.25. The van der Waals surface area contributed by atoms with Gasteiger partial charge in [0.25, 0.3) is 0 Å². The minimum Gasteiger partial charge on any atom is -0.785 e. The molecule has 0 aromatic heterocycles. The molecule has 0 unspecified atom stereocenters. The molecule has 0 radical (unpaired) electrons. The second-order valence-corrected chi connectivity index (χ2v) is 1.59. The lowest BCUT2D eigenvalue weighted by molar-refractivity contribution is -0.0888. The van der Waals surface area contributed by atoms with Crippen LogP contribution >= 0.6 is 0 Å². The van der Waals surface area contributed by atoms with Crippen LogP contribution < -0.4 is 0 Å². The first-order valence-electron chi connectivity index (χ1n) is 2.54. The average molecular weight is 134 g/mol. The maximum Gasteiger partial charge on any atom is 0.0563 e. The van der Waals surface area contributed by atoms with Crippen molar-refractivity contribution in [2.75, 3.05) is 27.2 Å². The molecule has 56 valence electrons. The lowest BCUT2D eigenvalue weighted by atomic mass is 10.6. The topological polar surface area (TPSA) is 61.8 Å². The molecule has 5 nitrogen and oxygen atoms in total. The zero-order valence-corrected chi connectivity index (χ0v) is 5.53. The maximum atomic E-state index is 10.2. The third-order valence-electron chi connectivity index (χ3n) is 0.801. The van der Waals surface area contributed by atoms with Crippen LogP contribution in [0.2, 0.25) is 0 Å². The summed E-state index contributed by atoms with van der Waals surface area (Å²) in [4.78, 5) is 4.21. The van der Waals surface area contributed by atoms with Gasteiger partial charge in [0.05, 0.1) is 7.11 Å². The van der Waals surface area contributed by atoms with Crippen molar-refractivity contribution in [2.24, 2.45) is 0 Å². The van der Waals surface area contributed by atoms with Crippen LogP contribution in [0.4, 0.5) is 0 Å². The zero-order valence-electron chi connectivity index (χ0n) is 5.53. The van der Waals surface area contributed by atoms with Gasteiger partial charge in [-0.3, -0.25) is 5.23 Å². The summed E-state index contributed by atoms with van der Waals surface area (Å²) in [5.41, 5.74) is 0. The summed E-state index contributed by atoms with van der Waals surface area (Å²) in [5, 5.41) is 21.4. The Hall–Kier alpha value is -0.200. The Morgan fingerprint density at radius 1 is 1.33 bits per heavy atom. The number of hydroxylamine groups is 4. The molecule has 0 aliphatic heterocycles. The van der Waals surface area contributed by atoms with Crippen LogP contribution in [-0.2, 0) is 4.84 Å². The van der Waals surface area contributed by atoms with E-state index in [1.54, 1.807) is 0 Å². The molecule has 0 amide bonds. The molecule has 0 aromatic rings. The molecule has 0 fully saturated rings. The van der Waals surface area contributed by atoms with E-state index < -0.39 is 0 Å². The van der Waals surface area contributed by atoms with Crippen molar-refractivity contribution in [3.8, 4) is 0 Å². The fourth-order valence-corrected chi connectivity index (χ4v) is 0.314. The predicted molar refractivity (Wildman–Crippen MR) is 33.1 cm³/mol. The SMILES string of the molecule is CON([O-])CCN(C)[O-]. The van der Waals surface area contributed by atoms with E-state index >= 15 is 0 Å². The normalized spacial score (nSPS) is 11.3. The van der Waals surface area contributed by atoms with Gasteiger partial charge in [0, 0.05) is 6.54 Å². The van der Waals surface area contributed by atoms with Crippen LogP contribution in [0, 0.1) is 10.4 Å². The highest BCUT2D eigenvalue weighted by Crippen LogP contribution is 1.83. The van der Waals surface area contributed by atoms with Crippen molar-refractivity contribution in [1.82, 2.24) is 10.3 Å². The highest BCUT2D eigenvalue weighted by molar-refractivity contribution is 4.51. The number of rotatable bonds is 4. The summed E-state index contributed by atoms with van der Waals surface area (Å²) in [6, 6.07) is 0. The van der Waals surface area contributed by atoms with Gasteiger partial charge in [0.2, 0.25) is 0 Å². The van der Waals surface area contributed by atoms with Crippen LogP contribution in [-0.4, -0.2) is 37.5 Å². The van der Waals surface area contributed by atoms with E-state index in [4.69, 9.17) is 0 Å². The summed E-state index contributed by atoms with van der Waals surface area (Å²) < 4.78 is 0. The van der Waals surface area contributed by atoms with E-state index in [1.807, 2.05) is 0 Å². The molecule has 0 saturated heterocycles. The first-order valence-corrected chi connectivity index (χ1v) is 2.54. The van der Waals surface area contributed by atoms with Crippen LogP contribution in [0.1, 0.15) is 0 Å². The Balaban J connectivity index is 3.06. The molecule has 0 saturated carbocycles. The number of nitrogens with zero attached hydrogens (tertiary/aromatic N) is 2. The molecule has 0 rings (SSSR count). The first-order chi connectivity index (χ1) is 4.16. The largest absolute Gasteiger partial charge is 0.785 e.